The van der Waals surface area contributed by atoms with Crippen LogP contribution in [0.15, 0.2) is 75.9 Å². The number of amides is 2. The Balaban J connectivity index is 0.000000240. The third-order valence-electron chi connectivity index (χ3n) is 5.37. The van der Waals surface area contributed by atoms with E-state index in [4.69, 9.17) is 41.8 Å². The van der Waals surface area contributed by atoms with Crippen LogP contribution < -0.4 is 25.9 Å². The van der Waals surface area contributed by atoms with E-state index in [0.717, 1.165) is 4.68 Å². The molecule has 0 atom stereocenters. The molecule has 1 heterocycles. The number of halogens is 2. The van der Waals surface area contributed by atoms with E-state index < -0.39 is 17.9 Å². The van der Waals surface area contributed by atoms with Gasteiger partial charge in [0.05, 0.1) is 28.4 Å². The topological polar surface area (TPSA) is 134 Å². The minimum absolute atomic E-state index is 0.0642. The second-order valence-corrected chi connectivity index (χ2v) is 11.3. The van der Waals surface area contributed by atoms with Gasteiger partial charge in [-0.2, -0.15) is 4.68 Å². The van der Waals surface area contributed by atoms with E-state index in [1.165, 1.54) is 12.1 Å². The monoisotopic (exact) mass is 644 g/mol. The lowest BCUT2D eigenvalue weighted by molar-refractivity contribution is 0.168. The number of carbonyl (C=O) groups excluding carboxylic acids is 2. The molecule has 0 radical (unpaired) electrons. The van der Waals surface area contributed by atoms with Crippen LogP contribution in [0.5, 0.6) is 11.5 Å². The molecule has 0 bridgehead atoms. The van der Waals surface area contributed by atoms with E-state index in [1.807, 2.05) is 40.7 Å². The lowest BCUT2D eigenvalue weighted by Gasteiger charge is -2.13. The summed E-state index contributed by atoms with van der Waals surface area (Å²) in [6.45, 7) is 11.5. The Hall–Kier alpha value is -4.48. The number of hydrogen-bond acceptors (Lipinski definition) is 8. The van der Waals surface area contributed by atoms with Crippen LogP contribution in [0, 0.1) is 0 Å². The molecule has 0 fully saturated rings. The molecule has 44 heavy (non-hydrogen) atoms. The number of rotatable bonds is 7. The third-order valence-corrected chi connectivity index (χ3v) is 5.97. The van der Waals surface area contributed by atoms with Gasteiger partial charge in [0.2, 0.25) is 5.89 Å². The van der Waals surface area contributed by atoms with Crippen molar-refractivity contribution in [3.05, 3.63) is 93.2 Å². The molecule has 0 aliphatic heterocycles. The third kappa shape index (κ3) is 10.1. The highest BCUT2D eigenvalue weighted by Gasteiger charge is 2.24. The normalized spacial score (nSPS) is 10.8. The fraction of sp³-hybridized carbons (Fsp3) is 0.290. The standard InChI is InChI=1S/C16H16N2O4.C15H18Cl2N2O3/c1-2-21-15(19)18-13-9-6-10-14(11-13)22-16(20)17-12-7-4-3-5-8-12;1-8(2)21-12-7-11(9(16)6-10(12)17)19-14(20)22-13(18-19)15(3,4)5/h3-11H,2H2,1H3,(H,17,20)(H,18,19);6-8H,1-5H3. The molecule has 0 saturated carbocycles. The lowest BCUT2D eigenvalue weighted by Crippen LogP contribution is -2.17. The van der Waals surface area contributed by atoms with Gasteiger partial charge in [0.15, 0.2) is 0 Å². The predicted octanol–water partition coefficient (Wildman–Crippen LogP) is 8.08. The van der Waals surface area contributed by atoms with Crippen molar-refractivity contribution < 1.29 is 28.2 Å². The van der Waals surface area contributed by atoms with E-state index in [0.29, 0.717) is 39.5 Å². The fourth-order valence-electron chi connectivity index (χ4n) is 3.45. The average Bonchev–Trinajstić information content (AvgIpc) is 3.33. The molecular formula is C31H34Cl2N4O7. The predicted molar refractivity (Wildman–Crippen MR) is 170 cm³/mol. The largest absolute Gasteiger partial charge is 0.489 e. The van der Waals surface area contributed by atoms with Crippen molar-refractivity contribution in [1.82, 2.24) is 9.78 Å². The van der Waals surface area contributed by atoms with Crippen molar-refractivity contribution in [2.45, 2.75) is 53.1 Å². The maximum absolute atomic E-state index is 12.1. The summed E-state index contributed by atoms with van der Waals surface area (Å²) in [5.41, 5.74) is 1.09. The van der Waals surface area contributed by atoms with Gasteiger partial charge < -0.3 is 18.6 Å². The molecule has 234 valence electrons. The minimum atomic E-state index is -0.612. The van der Waals surface area contributed by atoms with Gasteiger partial charge in [-0.05, 0) is 51.1 Å². The van der Waals surface area contributed by atoms with Crippen LogP contribution in [0.2, 0.25) is 10.0 Å². The van der Waals surface area contributed by atoms with E-state index >= 15 is 0 Å². The Bertz CT molecular complexity index is 1630. The summed E-state index contributed by atoms with van der Waals surface area (Å²) in [5, 5.41) is 10.0. The average molecular weight is 646 g/mol. The summed E-state index contributed by atoms with van der Waals surface area (Å²) in [5.74, 6) is 0.463. The number of anilines is 2. The van der Waals surface area contributed by atoms with Gasteiger partial charge in [0.1, 0.15) is 11.5 Å². The quantitative estimate of drug-likeness (QED) is 0.206. The highest BCUT2D eigenvalue weighted by molar-refractivity contribution is 6.36. The van der Waals surface area contributed by atoms with Crippen molar-refractivity contribution >= 4 is 46.8 Å². The molecule has 4 aromatic rings. The molecule has 0 aliphatic carbocycles. The second kappa shape index (κ2) is 15.3. The molecular weight excluding hydrogens is 611 g/mol. The molecule has 0 spiro atoms. The molecule has 0 saturated heterocycles. The first-order valence-corrected chi connectivity index (χ1v) is 14.4. The summed E-state index contributed by atoms with van der Waals surface area (Å²) in [4.78, 5) is 35.2. The first-order chi connectivity index (χ1) is 20.8. The first kappa shape index (κ1) is 34.0. The maximum atomic E-state index is 12.1. The zero-order valence-corrected chi connectivity index (χ0v) is 26.7. The fourth-order valence-corrected chi connectivity index (χ4v) is 3.96. The number of nitrogens with one attached hydrogen (secondary N) is 2. The molecule has 11 nitrogen and oxygen atoms in total. The minimum Gasteiger partial charge on any atom is -0.489 e. The van der Waals surface area contributed by atoms with Crippen molar-refractivity contribution in [3.8, 4) is 17.2 Å². The molecule has 2 N–H and O–H groups in total. The van der Waals surface area contributed by atoms with Crippen LogP contribution in [0.25, 0.3) is 5.69 Å². The molecule has 0 aliphatic rings. The van der Waals surface area contributed by atoms with Gasteiger partial charge >= 0.3 is 17.9 Å². The van der Waals surface area contributed by atoms with Crippen LogP contribution in [0.1, 0.15) is 47.4 Å². The molecule has 13 heteroatoms. The summed E-state index contributed by atoms with van der Waals surface area (Å²) in [6.07, 6.45) is -1.24. The van der Waals surface area contributed by atoms with E-state index in [9.17, 15) is 14.4 Å². The molecule has 0 unspecified atom stereocenters. The molecule has 3 aromatic carbocycles. The Morgan fingerprint density at radius 2 is 1.59 bits per heavy atom. The summed E-state index contributed by atoms with van der Waals surface area (Å²) >= 11 is 12.3. The summed E-state index contributed by atoms with van der Waals surface area (Å²) < 4.78 is 21.9. The van der Waals surface area contributed by atoms with Crippen LogP contribution in [0.4, 0.5) is 21.0 Å². The van der Waals surface area contributed by atoms with Crippen LogP contribution >= 0.6 is 23.2 Å². The zero-order chi connectivity index (χ0) is 32.4. The highest BCUT2D eigenvalue weighted by atomic mass is 35.5. The highest BCUT2D eigenvalue weighted by Crippen LogP contribution is 2.33. The number of hydrogen-bond donors (Lipinski definition) is 2. The summed E-state index contributed by atoms with van der Waals surface area (Å²) in [7, 11) is 0. The second-order valence-electron chi connectivity index (χ2n) is 10.5. The lowest BCUT2D eigenvalue weighted by atomic mass is 9.97. The van der Waals surface area contributed by atoms with Crippen molar-refractivity contribution in [1.29, 1.82) is 0 Å². The van der Waals surface area contributed by atoms with Gasteiger partial charge in [-0.15, -0.1) is 5.10 Å². The SMILES string of the molecule is CC(C)Oc1cc(-n2nc(C(C)(C)C)oc2=O)c(Cl)cc1Cl.CCOC(=O)Nc1cccc(OC(=O)Nc2ccccc2)c1. The van der Waals surface area contributed by atoms with Crippen LogP contribution in [-0.4, -0.2) is 34.7 Å². The Labute approximate surface area is 265 Å². The van der Waals surface area contributed by atoms with Crippen molar-refractivity contribution in [2.24, 2.45) is 0 Å². The van der Waals surface area contributed by atoms with Gasteiger partial charge in [0, 0.05) is 28.9 Å². The van der Waals surface area contributed by atoms with E-state index in [1.54, 1.807) is 55.5 Å². The van der Waals surface area contributed by atoms with E-state index in [2.05, 4.69) is 15.7 Å². The van der Waals surface area contributed by atoms with Gasteiger partial charge in [-0.1, -0.05) is 68.2 Å². The number of para-hydroxylation sites is 1. The Morgan fingerprint density at radius 3 is 2.20 bits per heavy atom. The number of benzene rings is 3. The molecule has 4 rings (SSSR count). The first-order valence-electron chi connectivity index (χ1n) is 13.6. The van der Waals surface area contributed by atoms with Crippen LogP contribution in [-0.2, 0) is 10.2 Å². The Kier molecular flexibility index (Phi) is 11.8. The number of carbonyl (C=O) groups is 2. The number of aromatic nitrogens is 2. The van der Waals surface area contributed by atoms with Crippen molar-refractivity contribution in [2.75, 3.05) is 17.2 Å². The van der Waals surface area contributed by atoms with Crippen molar-refractivity contribution in [3.63, 3.8) is 0 Å². The number of ether oxygens (including phenoxy) is 3. The van der Waals surface area contributed by atoms with Gasteiger partial charge in [0.25, 0.3) is 0 Å². The Morgan fingerprint density at radius 1 is 0.932 bits per heavy atom. The van der Waals surface area contributed by atoms with Gasteiger partial charge in [-0.25, -0.2) is 14.4 Å². The zero-order valence-electron chi connectivity index (χ0n) is 25.1. The van der Waals surface area contributed by atoms with Crippen LogP contribution in [0.3, 0.4) is 0 Å². The smallest absolute Gasteiger partial charge is 0.442 e. The number of nitrogens with zero attached hydrogens (tertiary/aromatic N) is 2. The van der Waals surface area contributed by atoms with Gasteiger partial charge in [-0.3, -0.25) is 10.6 Å². The summed E-state index contributed by atoms with van der Waals surface area (Å²) in [6, 6.07) is 18.5. The molecule has 2 amide bonds. The maximum Gasteiger partial charge on any atom is 0.442 e. The van der Waals surface area contributed by atoms with E-state index in [-0.39, 0.29) is 23.1 Å². The molecule has 1 aromatic heterocycles.